The molecule has 29 heavy (non-hydrogen) atoms. The van der Waals surface area contributed by atoms with E-state index in [1.165, 1.54) is 52.7 Å². The summed E-state index contributed by atoms with van der Waals surface area (Å²) in [6, 6.07) is 4.56. The van der Waals surface area contributed by atoms with E-state index in [0.29, 0.717) is 28.1 Å². The van der Waals surface area contributed by atoms with Gasteiger partial charge in [0.2, 0.25) is 0 Å². The zero-order valence-corrected chi connectivity index (χ0v) is 19.6. The van der Waals surface area contributed by atoms with E-state index in [4.69, 9.17) is 17.0 Å². The van der Waals surface area contributed by atoms with Crippen LogP contribution in [0.15, 0.2) is 38.8 Å². The third-order valence-corrected chi connectivity index (χ3v) is 8.14. The summed E-state index contributed by atoms with van der Waals surface area (Å²) in [7, 11) is 0. The lowest BCUT2D eigenvalue weighted by atomic mass is 9.91. The number of fused-ring (bicyclic) bond motifs is 3. The fourth-order valence-corrected chi connectivity index (χ4v) is 6.81. The predicted molar refractivity (Wildman–Crippen MR) is 126 cm³/mol. The lowest BCUT2D eigenvalue weighted by Gasteiger charge is -2.21. The minimum Gasteiger partial charge on any atom is -0.492 e. The highest BCUT2D eigenvalue weighted by atomic mass is 32.2. The Labute approximate surface area is 186 Å². The van der Waals surface area contributed by atoms with Gasteiger partial charge in [-0.05, 0) is 63.6 Å². The molecule has 154 valence electrons. The van der Waals surface area contributed by atoms with Crippen molar-refractivity contribution in [3.05, 3.63) is 45.0 Å². The summed E-state index contributed by atoms with van der Waals surface area (Å²) in [6.07, 6.45) is 6.92. The Morgan fingerprint density at radius 2 is 1.90 bits per heavy atom. The van der Waals surface area contributed by atoms with E-state index in [9.17, 15) is 4.79 Å². The highest BCUT2D eigenvalue weighted by molar-refractivity contribution is 8.26. The quantitative estimate of drug-likeness (QED) is 0.339. The summed E-state index contributed by atoms with van der Waals surface area (Å²) in [4.78, 5) is 18.8. The number of likely N-dealkylation sites (N-methyl/N-ethyl adjacent to an activating group) is 1. The highest BCUT2D eigenvalue weighted by Gasteiger charge is 2.35. The van der Waals surface area contributed by atoms with Crippen LogP contribution in [-0.2, 0) is 22.4 Å². The standard InChI is InChI=1S/C22H26N2O2S3/c1-4-23-16-12-11-14-9-7-8-10-15(14)19(16)28-18(23)13-17(26-6-3)20-21(25)24(5-2)22(27)29-20/h11-13H,4-10H2,1-3H3/b18-13-,20-17-. The van der Waals surface area contributed by atoms with Crippen LogP contribution in [0.3, 0.4) is 0 Å². The Morgan fingerprint density at radius 3 is 2.59 bits per heavy atom. The number of thioether (sulfide) groups is 2. The van der Waals surface area contributed by atoms with Crippen molar-refractivity contribution in [2.45, 2.75) is 51.3 Å². The molecule has 2 heterocycles. The molecule has 4 nitrogen and oxygen atoms in total. The molecule has 1 aromatic rings. The smallest absolute Gasteiger partial charge is 0.269 e. The van der Waals surface area contributed by atoms with Crippen LogP contribution in [0.2, 0.25) is 0 Å². The topological polar surface area (TPSA) is 32.8 Å². The summed E-state index contributed by atoms with van der Waals surface area (Å²) < 4.78 is 6.54. The third kappa shape index (κ3) is 3.73. The zero-order valence-electron chi connectivity index (χ0n) is 17.1. The second kappa shape index (κ2) is 8.74. The van der Waals surface area contributed by atoms with Crippen LogP contribution in [0.25, 0.3) is 0 Å². The summed E-state index contributed by atoms with van der Waals surface area (Å²) >= 11 is 8.55. The molecule has 2 aliphatic heterocycles. The van der Waals surface area contributed by atoms with E-state index in [1.54, 1.807) is 4.90 Å². The molecule has 0 spiro atoms. The zero-order chi connectivity index (χ0) is 20.5. The normalized spacial score (nSPS) is 21.7. The second-order valence-corrected chi connectivity index (χ2v) is 9.81. The number of thiocarbonyl (C=S) groups is 1. The summed E-state index contributed by atoms with van der Waals surface area (Å²) in [5.41, 5.74) is 4.28. The van der Waals surface area contributed by atoms with E-state index in [2.05, 4.69) is 24.0 Å². The van der Waals surface area contributed by atoms with Gasteiger partial charge in [0.1, 0.15) is 15.0 Å². The van der Waals surface area contributed by atoms with Crippen molar-refractivity contribution < 1.29 is 9.53 Å². The molecular formula is C22H26N2O2S3. The van der Waals surface area contributed by atoms with Crippen molar-refractivity contribution in [1.29, 1.82) is 0 Å². The van der Waals surface area contributed by atoms with Crippen LogP contribution in [0.4, 0.5) is 5.69 Å². The van der Waals surface area contributed by atoms with Gasteiger partial charge in [-0.15, -0.1) is 0 Å². The van der Waals surface area contributed by atoms with Gasteiger partial charge in [-0.1, -0.05) is 41.8 Å². The number of allylic oxidation sites excluding steroid dienone is 1. The Hall–Kier alpha value is -1.44. The number of hydrogen-bond acceptors (Lipinski definition) is 6. The average molecular weight is 447 g/mol. The molecule has 1 aromatic carbocycles. The van der Waals surface area contributed by atoms with E-state index < -0.39 is 0 Å². The van der Waals surface area contributed by atoms with Gasteiger partial charge < -0.3 is 9.64 Å². The van der Waals surface area contributed by atoms with Gasteiger partial charge in [-0.25, -0.2) is 0 Å². The maximum absolute atomic E-state index is 12.8. The number of carbonyl (C=O) groups excluding carboxylic acids is 1. The number of hydrogen-bond donors (Lipinski definition) is 0. The lowest BCUT2D eigenvalue weighted by molar-refractivity contribution is -0.122. The summed E-state index contributed by atoms with van der Waals surface area (Å²) in [5, 5.41) is 1.12. The molecule has 0 saturated carbocycles. The average Bonchev–Trinajstić information content (AvgIpc) is 3.23. The van der Waals surface area contributed by atoms with Crippen molar-refractivity contribution in [3.63, 3.8) is 0 Å². The molecule has 0 unspecified atom stereocenters. The number of benzene rings is 1. The largest absolute Gasteiger partial charge is 0.492 e. The SMILES string of the molecule is CCOC(/C=C1\Sc2c(ccc3c2CCCC3)N1CC)=C1\SC(=S)N(CC)C1=O. The number of amides is 1. The van der Waals surface area contributed by atoms with Crippen LogP contribution < -0.4 is 4.90 Å². The van der Waals surface area contributed by atoms with Gasteiger partial charge >= 0.3 is 0 Å². The Balaban J connectivity index is 1.75. The third-order valence-electron chi connectivity index (χ3n) is 5.48. The molecule has 1 aliphatic carbocycles. The maximum atomic E-state index is 12.8. The number of aryl methyl sites for hydroxylation is 1. The number of rotatable bonds is 5. The molecule has 1 fully saturated rings. The highest BCUT2D eigenvalue weighted by Crippen LogP contribution is 2.50. The van der Waals surface area contributed by atoms with Crippen LogP contribution in [0, 0.1) is 0 Å². The van der Waals surface area contributed by atoms with E-state index in [-0.39, 0.29) is 5.91 Å². The molecular weight excluding hydrogens is 420 g/mol. The Kier molecular flexibility index (Phi) is 6.27. The maximum Gasteiger partial charge on any atom is 0.269 e. The molecule has 0 radical (unpaired) electrons. The minimum atomic E-state index is -0.0521. The number of nitrogens with zero attached hydrogens (tertiary/aromatic N) is 2. The van der Waals surface area contributed by atoms with Gasteiger partial charge in [0.15, 0.2) is 0 Å². The minimum absolute atomic E-state index is 0.0521. The van der Waals surface area contributed by atoms with E-state index in [0.717, 1.165) is 18.0 Å². The van der Waals surface area contributed by atoms with Gasteiger partial charge in [0, 0.05) is 24.1 Å². The first kappa shape index (κ1) is 20.8. The first-order valence-corrected chi connectivity index (χ1v) is 12.4. The number of ether oxygens (including phenoxy) is 1. The van der Waals surface area contributed by atoms with Crippen molar-refractivity contribution in [2.75, 3.05) is 24.6 Å². The first-order chi connectivity index (χ1) is 14.1. The molecule has 0 aromatic heterocycles. The van der Waals surface area contributed by atoms with Crippen LogP contribution in [0.1, 0.15) is 44.7 Å². The van der Waals surface area contributed by atoms with Gasteiger partial charge in [-0.2, -0.15) is 0 Å². The second-order valence-electron chi connectivity index (χ2n) is 7.13. The lowest BCUT2D eigenvalue weighted by Crippen LogP contribution is -2.27. The first-order valence-electron chi connectivity index (χ1n) is 10.3. The van der Waals surface area contributed by atoms with Crippen LogP contribution in [-0.4, -0.2) is 34.8 Å². The molecule has 0 bridgehead atoms. The molecule has 0 N–H and O–H groups in total. The molecule has 1 saturated heterocycles. The van der Waals surface area contributed by atoms with Crippen LogP contribution >= 0.6 is 35.7 Å². The van der Waals surface area contributed by atoms with E-state index >= 15 is 0 Å². The fourth-order valence-electron chi connectivity index (χ4n) is 4.08. The van der Waals surface area contributed by atoms with Crippen LogP contribution in [0.5, 0.6) is 0 Å². The van der Waals surface area contributed by atoms with Crippen molar-refractivity contribution in [3.8, 4) is 0 Å². The molecule has 1 amide bonds. The molecule has 4 rings (SSSR count). The van der Waals surface area contributed by atoms with Crippen molar-refractivity contribution >= 4 is 51.7 Å². The number of anilines is 1. The van der Waals surface area contributed by atoms with E-state index in [1.807, 2.05) is 31.7 Å². The van der Waals surface area contributed by atoms with Gasteiger partial charge in [-0.3, -0.25) is 9.69 Å². The summed E-state index contributed by atoms with van der Waals surface area (Å²) in [5.74, 6) is 0.576. The predicted octanol–water partition coefficient (Wildman–Crippen LogP) is 5.47. The Morgan fingerprint density at radius 1 is 1.14 bits per heavy atom. The Bertz CT molecular complexity index is 923. The van der Waals surface area contributed by atoms with Gasteiger partial charge in [0.05, 0.1) is 17.3 Å². The monoisotopic (exact) mass is 446 g/mol. The number of carbonyl (C=O) groups is 1. The van der Waals surface area contributed by atoms with Crippen molar-refractivity contribution in [2.24, 2.45) is 0 Å². The molecule has 0 atom stereocenters. The van der Waals surface area contributed by atoms with Crippen molar-refractivity contribution in [1.82, 2.24) is 4.90 Å². The molecule has 7 heteroatoms. The summed E-state index contributed by atoms with van der Waals surface area (Å²) in [6.45, 7) is 8.02. The molecule has 3 aliphatic rings. The fraction of sp³-hybridized carbons (Fsp3) is 0.455. The van der Waals surface area contributed by atoms with Gasteiger partial charge in [0.25, 0.3) is 5.91 Å².